The van der Waals surface area contributed by atoms with E-state index in [9.17, 15) is 0 Å². The normalized spacial score (nSPS) is 11.5. The minimum Gasteiger partial charge on any atom is -0.439 e. The third-order valence-electron chi connectivity index (χ3n) is 3.49. The van der Waals surface area contributed by atoms with Crippen LogP contribution in [0, 0.1) is 13.8 Å². The van der Waals surface area contributed by atoms with Crippen LogP contribution >= 0.6 is 11.6 Å². The van der Waals surface area contributed by atoms with Crippen molar-refractivity contribution in [2.45, 2.75) is 45.9 Å². The van der Waals surface area contributed by atoms with E-state index in [1.165, 1.54) is 5.56 Å². The van der Waals surface area contributed by atoms with Crippen LogP contribution in [0.4, 0.5) is 0 Å². The summed E-state index contributed by atoms with van der Waals surface area (Å²) in [5, 5.41) is 0. The number of hydrogen-bond donors (Lipinski definition) is 0. The van der Waals surface area contributed by atoms with E-state index in [1.807, 2.05) is 32.0 Å². The molecule has 2 aromatic rings. The standard InChI is InChI=1S/C18H22ClNO/c1-12-9-13(2)20-17(16(12)11-19)21-15-8-6-7-14(10-15)18(3,4)5/h6-10H,11H2,1-5H3. The molecule has 112 valence electrons. The van der Waals surface area contributed by atoms with Crippen LogP contribution < -0.4 is 4.74 Å². The number of benzene rings is 1. The summed E-state index contributed by atoms with van der Waals surface area (Å²) < 4.78 is 6.00. The first kappa shape index (κ1) is 15.8. The van der Waals surface area contributed by atoms with Crippen LogP contribution in [-0.2, 0) is 11.3 Å². The predicted octanol–water partition coefficient (Wildman–Crippen LogP) is 5.53. The van der Waals surface area contributed by atoms with E-state index in [-0.39, 0.29) is 5.41 Å². The lowest BCUT2D eigenvalue weighted by Gasteiger charge is -2.20. The van der Waals surface area contributed by atoms with E-state index < -0.39 is 0 Å². The molecular weight excluding hydrogens is 282 g/mol. The quantitative estimate of drug-likeness (QED) is 0.696. The maximum Gasteiger partial charge on any atom is 0.224 e. The van der Waals surface area contributed by atoms with E-state index in [1.54, 1.807) is 0 Å². The Morgan fingerprint density at radius 2 is 1.86 bits per heavy atom. The Hall–Kier alpha value is -1.54. The first-order chi connectivity index (χ1) is 9.81. The van der Waals surface area contributed by atoms with Gasteiger partial charge in [0.05, 0.1) is 5.88 Å². The van der Waals surface area contributed by atoms with Crippen LogP contribution in [0.2, 0.25) is 0 Å². The highest BCUT2D eigenvalue weighted by molar-refractivity contribution is 6.17. The molecule has 0 N–H and O–H groups in total. The molecule has 0 bridgehead atoms. The molecule has 21 heavy (non-hydrogen) atoms. The van der Waals surface area contributed by atoms with Gasteiger partial charge in [-0.15, -0.1) is 11.6 Å². The van der Waals surface area contributed by atoms with E-state index in [0.29, 0.717) is 11.8 Å². The monoisotopic (exact) mass is 303 g/mol. The fraction of sp³-hybridized carbons (Fsp3) is 0.389. The zero-order chi connectivity index (χ0) is 15.6. The number of aryl methyl sites for hydroxylation is 2. The van der Waals surface area contributed by atoms with Gasteiger partial charge in [0.15, 0.2) is 0 Å². The molecule has 0 saturated carbocycles. The smallest absolute Gasteiger partial charge is 0.224 e. The second-order valence-corrected chi connectivity index (χ2v) is 6.65. The Kier molecular flexibility index (Phi) is 4.58. The van der Waals surface area contributed by atoms with Crippen molar-refractivity contribution in [3.8, 4) is 11.6 Å². The Morgan fingerprint density at radius 1 is 1.14 bits per heavy atom. The Bertz CT molecular complexity index is 644. The van der Waals surface area contributed by atoms with Crippen LogP contribution in [-0.4, -0.2) is 4.98 Å². The lowest BCUT2D eigenvalue weighted by atomic mass is 9.87. The fourth-order valence-electron chi connectivity index (χ4n) is 2.21. The molecule has 0 atom stereocenters. The van der Waals surface area contributed by atoms with Gasteiger partial charge in [-0.3, -0.25) is 0 Å². The van der Waals surface area contributed by atoms with Gasteiger partial charge in [0, 0.05) is 11.3 Å². The van der Waals surface area contributed by atoms with Gasteiger partial charge in [-0.25, -0.2) is 4.98 Å². The zero-order valence-corrected chi connectivity index (χ0v) is 14.1. The number of ether oxygens (including phenoxy) is 1. The van der Waals surface area contributed by atoms with Gasteiger partial charge >= 0.3 is 0 Å². The molecule has 1 aromatic carbocycles. The van der Waals surface area contributed by atoms with Gasteiger partial charge in [-0.1, -0.05) is 32.9 Å². The maximum atomic E-state index is 6.04. The molecule has 0 spiro atoms. The average molecular weight is 304 g/mol. The third kappa shape index (κ3) is 3.76. The van der Waals surface area contributed by atoms with Crippen molar-refractivity contribution < 1.29 is 4.74 Å². The van der Waals surface area contributed by atoms with Gasteiger partial charge < -0.3 is 4.74 Å². The Labute approximate surface area is 132 Å². The van der Waals surface area contributed by atoms with Crippen LogP contribution in [0.1, 0.15) is 43.2 Å². The largest absolute Gasteiger partial charge is 0.439 e. The molecule has 1 heterocycles. The summed E-state index contributed by atoms with van der Waals surface area (Å²) in [4.78, 5) is 4.49. The Morgan fingerprint density at radius 3 is 2.48 bits per heavy atom. The molecule has 0 radical (unpaired) electrons. The summed E-state index contributed by atoms with van der Waals surface area (Å²) in [7, 11) is 0. The van der Waals surface area contributed by atoms with Crippen molar-refractivity contribution in [2.24, 2.45) is 0 Å². The van der Waals surface area contributed by atoms with E-state index in [2.05, 4.69) is 37.9 Å². The first-order valence-electron chi connectivity index (χ1n) is 7.12. The summed E-state index contributed by atoms with van der Waals surface area (Å²) in [5.74, 6) is 1.80. The van der Waals surface area contributed by atoms with Gasteiger partial charge in [0.1, 0.15) is 5.75 Å². The molecule has 0 aliphatic carbocycles. The van der Waals surface area contributed by atoms with Gasteiger partial charge in [0.2, 0.25) is 5.88 Å². The maximum absolute atomic E-state index is 6.04. The summed E-state index contributed by atoms with van der Waals surface area (Å²) >= 11 is 6.04. The lowest BCUT2D eigenvalue weighted by Crippen LogP contribution is -2.10. The molecule has 0 unspecified atom stereocenters. The summed E-state index contributed by atoms with van der Waals surface area (Å²) in [5.41, 5.74) is 4.31. The molecule has 0 saturated heterocycles. The summed E-state index contributed by atoms with van der Waals surface area (Å²) in [6.45, 7) is 10.6. The molecular formula is C18H22ClNO. The minimum atomic E-state index is 0.0879. The van der Waals surface area contributed by atoms with E-state index >= 15 is 0 Å². The van der Waals surface area contributed by atoms with Crippen molar-refractivity contribution >= 4 is 11.6 Å². The van der Waals surface area contributed by atoms with Crippen LogP contribution in [0.25, 0.3) is 0 Å². The van der Waals surface area contributed by atoms with Crippen LogP contribution in [0.3, 0.4) is 0 Å². The highest BCUT2D eigenvalue weighted by Gasteiger charge is 2.15. The topological polar surface area (TPSA) is 22.1 Å². The highest BCUT2D eigenvalue weighted by Crippen LogP contribution is 2.31. The van der Waals surface area contributed by atoms with E-state index in [0.717, 1.165) is 22.6 Å². The molecule has 0 amide bonds. The first-order valence-corrected chi connectivity index (χ1v) is 7.66. The molecule has 2 rings (SSSR count). The lowest BCUT2D eigenvalue weighted by molar-refractivity contribution is 0.453. The van der Waals surface area contributed by atoms with Crippen molar-refractivity contribution in [3.05, 3.63) is 52.7 Å². The molecule has 0 aliphatic heterocycles. The van der Waals surface area contributed by atoms with E-state index in [4.69, 9.17) is 16.3 Å². The highest BCUT2D eigenvalue weighted by atomic mass is 35.5. The number of nitrogens with zero attached hydrogens (tertiary/aromatic N) is 1. The van der Waals surface area contributed by atoms with Gasteiger partial charge in [-0.05, 0) is 48.6 Å². The van der Waals surface area contributed by atoms with Gasteiger partial charge in [0.25, 0.3) is 0 Å². The summed E-state index contributed by atoms with van der Waals surface area (Å²) in [6.07, 6.45) is 0. The third-order valence-corrected chi connectivity index (χ3v) is 3.75. The number of halogens is 1. The van der Waals surface area contributed by atoms with Crippen molar-refractivity contribution in [2.75, 3.05) is 0 Å². The second kappa shape index (κ2) is 6.07. The SMILES string of the molecule is Cc1cc(C)c(CCl)c(Oc2cccc(C(C)(C)C)c2)n1. The molecule has 2 nitrogen and oxygen atoms in total. The molecule has 1 aromatic heterocycles. The second-order valence-electron chi connectivity index (χ2n) is 6.38. The summed E-state index contributed by atoms with van der Waals surface area (Å²) in [6, 6.07) is 10.2. The number of alkyl halides is 1. The van der Waals surface area contributed by atoms with Crippen molar-refractivity contribution in [1.82, 2.24) is 4.98 Å². The average Bonchev–Trinajstić information content (AvgIpc) is 2.37. The molecule has 0 fully saturated rings. The minimum absolute atomic E-state index is 0.0879. The molecule has 0 aliphatic rings. The number of pyridine rings is 1. The number of hydrogen-bond acceptors (Lipinski definition) is 2. The van der Waals surface area contributed by atoms with Crippen LogP contribution in [0.15, 0.2) is 30.3 Å². The molecule has 3 heteroatoms. The van der Waals surface area contributed by atoms with Crippen LogP contribution in [0.5, 0.6) is 11.6 Å². The zero-order valence-electron chi connectivity index (χ0n) is 13.3. The van der Waals surface area contributed by atoms with Crippen molar-refractivity contribution in [3.63, 3.8) is 0 Å². The Balaban J connectivity index is 2.39. The number of aromatic nitrogens is 1. The number of rotatable bonds is 3. The van der Waals surface area contributed by atoms with Crippen molar-refractivity contribution in [1.29, 1.82) is 0 Å². The fourth-order valence-corrected chi connectivity index (χ4v) is 2.54. The predicted molar refractivity (Wildman–Crippen MR) is 88.5 cm³/mol. The van der Waals surface area contributed by atoms with Gasteiger partial charge in [-0.2, -0.15) is 0 Å².